The summed E-state index contributed by atoms with van der Waals surface area (Å²) in [5, 5.41) is 8.27. The fourth-order valence-electron chi connectivity index (χ4n) is 1.90. The van der Waals surface area contributed by atoms with Gasteiger partial charge in [0.15, 0.2) is 5.84 Å². The van der Waals surface area contributed by atoms with Gasteiger partial charge in [-0.05, 0) is 31.2 Å². The monoisotopic (exact) mass is 297 g/mol. The summed E-state index contributed by atoms with van der Waals surface area (Å²) in [5.74, 6) is 0.643. The van der Waals surface area contributed by atoms with Crippen molar-refractivity contribution in [3.05, 3.63) is 39.7 Å². The molecule has 1 aromatic carbocycles. The van der Waals surface area contributed by atoms with Crippen LogP contribution >= 0.6 is 34.7 Å². The highest BCUT2D eigenvalue weighted by molar-refractivity contribution is 7.16. The van der Waals surface area contributed by atoms with Gasteiger partial charge in [-0.15, -0.1) is 11.3 Å². The molecule has 18 heavy (non-hydrogen) atoms. The number of amidine groups is 1. The lowest BCUT2D eigenvalue weighted by Crippen LogP contribution is -2.10. The predicted octanol–water partition coefficient (Wildman–Crippen LogP) is 4.78. The van der Waals surface area contributed by atoms with E-state index in [1.54, 1.807) is 11.3 Å². The summed E-state index contributed by atoms with van der Waals surface area (Å²) in [5.41, 5.74) is 2.79. The summed E-state index contributed by atoms with van der Waals surface area (Å²) < 4.78 is 3.79. The van der Waals surface area contributed by atoms with Gasteiger partial charge in [0.2, 0.25) is 0 Å². The minimum atomic E-state index is 0.643. The summed E-state index contributed by atoms with van der Waals surface area (Å²) in [6.07, 6.45) is 0. The van der Waals surface area contributed by atoms with Gasteiger partial charge in [0.25, 0.3) is 0 Å². The molecular weight excluding hydrogens is 289 g/mol. The Morgan fingerprint density at radius 2 is 2.00 bits per heavy atom. The normalized spacial score (nSPS) is 15.4. The van der Waals surface area contributed by atoms with E-state index >= 15 is 0 Å². The Bertz CT molecular complexity index is 649. The van der Waals surface area contributed by atoms with Crippen molar-refractivity contribution in [3.63, 3.8) is 0 Å². The van der Waals surface area contributed by atoms with Crippen LogP contribution in [0.5, 0.6) is 0 Å². The van der Waals surface area contributed by atoms with Crippen LogP contribution in [0.3, 0.4) is 0 Å². The summed E-state index contributed by atoms with van der Waals surface area (Å²) in [7, 11) is 0. The Hall–Kier alpha value is -1.23. The first-order valence-electron chi connectivity index (χ1n) is 5.31. The minimum absolute atomic E-state index is 0.643. The average Bonchev–Trinajstić information content (AvgIpc) is 2.63. The van der Waals surface area contributed by atoms with E-state index < -0.39 is 0 Å². The van der Waals surface area contributed by atoms with Crippen LogP contribution in [0.15, 0.2) is 28.8 Å². The highest BCUT2D eigenvalue weighted by Crippen LogP contribution is 2.38. The van der Waals surface area contributed by atoms with Crippen molar-refractivity contribution < 1.29 is 0 Å². The molecule has 1 aliphatic rings. The number of fused-ring (bicyclic) bond motifs is 2. The van der Waals surface area contributed by atoms with E-state index in [1.807, 2.05) is 25.1 Å². The van der Waals surface area contributed by atoms with E-state index in [0.29, 0.717) is 10.9 Å². The molecule has 3 nitrogen and oxygen atoms in total. The van der Waals surface area contributed by atoms with Gasteiger partial charge >= 0.3 is 0 Å². The number of aryl methyl sites for hydroxylation is 1. The zero-order chi connectivity index (χ0) is 12.7. The van der Waals surface area contributed by atoms with Crippen LogP contribution in [0.25, 0.3) is 0 Å². The fourth-order valence-corrected chi connectivity index (χ4v) is 3.13. The van der Waals surface area contributed by atoms with Gasteiger partial charge in [-0.25, -0.2) is 0 Å². The highest BCUT2D eigenvalue weighted by atomic mass is 35.5. The lowest BCUT2D eigenvalue weighted by atomic mass is 10.2. The van der Waals surface area contributed by atoms with E-state index in [0.717, 1.165) is 21.9 Å². The van der Waals surface area contributed by atoms with Gasteiger partial charge in [0, 0.05) is 21.7 Å². The number of anilines is 3. The van der Waals surface area contributed by atoms with Crippen molar-refractivity contribution in [1.29, 1.82) is 0 Å². The lowest BCUT2D eigenvalue weighted by molar-refractivity contribution is 1.59. The van der Waals surface area contributed by atoms with E-state index in [1.165, 1.54) is 4.88 Å². The molecule has 0 spiro atoms. The lowest BCUT2D eigenvalue weighted by Gasteiger charge is -2.08. The second-order valence-electron chi connectivity index (χ2n) is 3.97. The SMILES string of the molecule is Cc1cc2c(s1)Nc1cc(Cl)ccc1NC2=NCl. The summed E-state index contributed by atoms with van der Waals surface area (Å²) in [6, 6.07) is 7.65. The maximum Gasteiger partial charge on any atom is 0.155 e. The number of hydrogen-bond acceptors (Lipinski definition) is 3. The van der Waals surface area contributed by atoms with Crippen molar-refractivity contribution in [1.82, 2.24) is 0 Å². The quantitative estimate of drug-likeness (QED) is 0.734. The molecule has 0 fully saturated rings. The molecule has 0 saturated carbocycles. The second kappa shape index (κ2) is 4.46. The number of nitrogens with one attached hydrogen (secondary N) is 2. The molecule has 0 unspecified atom stereocenters. The van der Waals surface area contributed by atoms with E-state index in [9.17, 15) is 0 Å². The maximum absolute atomic E-state index is 6.01. The number of thiophene rings is 1. The van der Waals surface area contributed by atoms with Crippen LogP contribution < -0.4 is 10.6 Å². The molecule has 2 heterocycles. The molecule has 6 heteroatoms. The third-order valence-electron chi connectivity index (χ3n) is 2.68. The molecule has 0 atom stereocenters. The average molecular weight is 298 g/mol. The van der Waals surface area contributed by atoms with Gasteiger partial charge in [0.1, 0.15) is 5.00 Å². The predicted molar refractivity (Wildman–Crippen MR) is 79.8 cm³/mol. The second-order valence-corrected chi connectivity index (χ2v) is 5.83. The zero-order valence-corrected chi connectivity index (χ0v) is 11.7. The van der Waals surface area contributed by atoms with Crippen LogP contribution in [0.4, 0.5) is 16.4 Å². The highest BCUT2D eigenvalue weighted by Gasteiger charge is 2.19. The van der Waals surface area contributed by atoms with Gasteiger partial charge in [0.05, 0.1) is 16.9 Å². The molecule has 1 aromatic heterocycles. The first kappa shape index (κ1) is 11.8. The molecule has 3 rings (SSSR count). The molecule has 1 aliphatic heterocycles. The molecular formula is C12H9Cl2N3S. The van der Waals surface area contributed by atoms with E-state index in [-0.39, 0.29) is 0 Å². The first-order chi connectivity index (χ1) is 8.67. The molecule has 0 radical (unpaired) electrons. The summed E-state index contributed by atoms with van der Waals surface area (Å²) >= 11 is 13.3. The van der Waals surface area contributed by atoms with E-state index in [4.69, 9.17) is 23.4 Å². The van der Waals surface area contributed by atoms with Gasteiger partial charge in [-0.2, -0.15) is 4.51 Å². The van der Waals surface area contributed by atoms with Crippen molar-refractivity contribution in [2.75, 3.05) is 10.6 Å². The number of hydrogen-bond donors (Lipinski definition) is 2. The number of rotatable bonds is 0. The Balaban J connectivity index is 2.19. The smallest absolute Gasteiger partial charge is 0.155 e. The Labute approximate surface area is 119 Å². The molecule has 0 aliphatic carbocycles. The van der Waals surface area contributed by atoms with Crippen LogP contribution in [0.1, 0.15) is 10.4 Å². The van der Waals surface area contributed by atoms with Crippen molar-refractivity contribution in [3.8, 4) is 0 Å². The van der Waals surface area contributed by atoms with Crippen molar-refractivity contribution in [2.24, 2.45) is 4.51 Å². The van der Waals surface area contributed by atoms with E-state index in [2.05, 4.69) is 21.2 Å². The van der Waals surface area contributed by atoms with Crippen molar-refractivity contribution >= 4 is 56.9 Å². The molecule has 0 amide bonds. The molecule has 2 N–H and O–H groups in total. The Kier molecular flexibility index (Phi) is 2.93. The van der Waals surface area contributed by atoms with Crippen LogP contribution in [0, 0.1) is 6.92 Å². The molecule has 0 bridgehead atoms. The van der Waals surface area contributed by atoms with Crippen LogP contribution in [-0.2, 0) is 0 Å². The zero-order valence-electron chi connectivity index (χ0n) is 9.42. The Morgan fingerprint density at radius 3 is 2.78 bits per heavy atom. The fraction of sp³-hybridized carbons (Fsp3) is 0.0833. The van der Waals surface area contributed by atoms with Gasteiger partial charge < -0.3 is 10.6 Å². The standard InChI is InChI=1S/C12H9Cl2N3S/c1-6-4-8-11(17-14)15-9-3-2-7(13)5-10(9)16-12(8)18-6/h2-5,16H,1H3,(H,15,17). The first-order valence-corrected chi connectivity index (χ1v) is 6.84. The van der Waals surface area contributed by atoms with Crippen LogP contribution in [0.2, 0.25) is 5.02 Å². The number of nitrogens with zero attached hydrogens (tertiary/aromatic N) is 1. The van der Waals surface area contributed by atoms with Crippen LogP contribution in [-0.4, -0.2) is 5.84 Å². The third kappa shape index (κ3) is 1.96. The maximum atomic E-state index is 6.01. The molecule has 0 saturated heterocycles. The van der Waals surface area contributed by atoms with Gasteiger partial charge in [-0.3, -0.25) is 0 Å². The summed E-state index contributed by atoms with van der Waals surface area (Å²) in [4.78, 5) is 1.19. The van der Waals surface area contributed by atoms with Gasteiger partial charge in [-0.1, -0.05) is 11.6 Å². The Morgan fingerprint density at radius 1 is 1.17 bits per heavy atom. The number of halogens is 2. The minimum Gasteiger partial charge on any atom is -0.345 e. The third-order valence-corrected chi connectivity index (χ3v) is 4.05. The summed E-state index contributed by atoms with van der Waals surface area (Å²) in [6.45, 7) is 2.05. The largest absolute Gasteiger partial charge is 0.345 e. The molecule has 92 valence electrons. The van der Waals surface area contributed by atoms with Crippen molar-refractivity contribution in [2.45, 2.75) is 6.92 Å². The molecule has 2 aromatic rings. The number of benzene rings is 1. The topological polar surface area (TPSA) is 36.4 Å².